The van der Waals surface area contributed by atoms with Gasteiger partial charge in [0.25, 0.3) is 5.91 Å². The Morgan fingerprint density at radius 1 is 0.800 bits per heavy atom. The number of hydrogen-bond donors (Lipinski definition) is 0. The van der Waals surface area contributed by atoms with Gasteiger partial charge < -0.3 is 14.5 Å². The van der Waals surface area contributed by atoms with E-state index >= 15 is 0 Å². The van der Waals surface area contributed by atoms with Gasteiger partial charge in [0.2, 0.25) is 5.91 Å². The minimum atomic E-state index is -3.45. The number of nitrogens with zero attached hydrogens (tertiary/aromatic N) is 2. The minimum Gasteiger partial charge on any atom is -0.497 e. The third kappa shape index (κ3) is 6.08. The maximum atomic E-state index is 12.9. The first-order valence-corrected chi connectivity index (χ1v) is 13.1. The Kier molecular flexibility index (Phi) is 7.51. The van der Waals surface area contributed by atoms with Crippen LogP contribution in [0.4, 0.5) is 0 Å². The molecule has 0 aromatic heterocycles. The Labute approximate surface area is 205 Å². The number of ether oxygens (including phenoxy) is 1. The molecule has 0 unspecified atom stereocenters. The average molecular weight is 493 g/mol. The number of amides is 2. The topological polar surface area (TPSA) is 84.0 Å². The zero-order valence-electron chi connectivity index (χ0n) is 19.6. The summed E-state index contributed by atoms with van der Waals surface area (Å²) >= 11 is 0. The first-order valence-electron chi connectivity index (χ1n) is 11.4. The molecule has 7 nitrogen and oxygen atoms in total. The Hall–Kier alpha value is -3.65. The maximum Gasteiger partial charge on any atom is 0.253 e. The molecular formula is C27H28N2O5S. The standard InChI is InChI=1S/C27H28N2O5S/c1-34-24-7-5-6-22(18-24)19-26(30)28-14-16-29(17-15-28)27(31)23-12-10-21(11-13-23)20-35(32,33)25-8-3-2-4-9-25/h2-13,18H,14-17,19-20H2,1H3. The molecule has 0 bridgehead atoms. The van der Waals surface area contributed by atoms with Crippen LogP contribution in [0.15, 0.2) is 83.8 Å². The van der Waals surface area contributed by atoms with Gasteiger partial charge in [-0.25, -0.2) is 8.42 Å². The van der Waals surface area contributed by atoms with Crippen molar-refractivity contribution in [2.45, 2.75) is 17.1 Å². The monoisotopic (exact) mass is 492 g/mol. The highest BCUT2D eigenvalue weighted by molar-refractivity contribution is 7.90. The third-order valence-corrected chi connectivity index (χ3v) is 7.77. The third-order valence-electron chi connectivity index (χ3n) is 6.07. The van der Waals surface area contributed by atoms with Gasteiger partial charge in [0.15, 0.2) is 9.84 Å². The van der Waals surface area contributed by atoms with Gasteiger partial charge in [-0.3, -0.25) is 9.59 Å². The van der Waals surface area contributed by atoms with E-state index in [2.05, 4.69) is 0 Å². The van der Waals surface area contributed by atoms with Gasteiger partial charge >= 0.3 is 0 Å². The number of benzene rings is 3. The molecule has 35 heavy (non-hydrogen) atoms. The Morgan fingerprint density at radius 2 is 1.46 bits per heavy atom. The van der Waals surface area contributed by atoms with E-state index in [4.69, 9.17) is 4.74 Å². The fraction of sp³-hybridized carbons (Fsp3) is 0.259. The number of sulfone groups is 1. The van der Waals surface area contributed by atoms with E-state index in [1.54, 1.807) is 71.5 Å². The number of carbonyl (C=O) groups excluding carboxylic acids is 2. The van der Waals surface area contributed by atoms with Crippen molar-refractivity contribution in [3.63, 3.8) is 0 Å². The Bertz CT molecular complexity index is 1280. The lowest BCUT2D eigenvalue weighted by Crippen LogP contribution is -2.51. The molecule has 0 N–H and O–H groups in total. The molecule has 0 atom stereocenters. The van der Waals surface area contributed by atoms with Gasteiger partial charge in [0, 0.05) is 31.7 Å². The molecule has 0 saturated carbocycles. The van der Waals surface area contributed by atoms with Gasteiger partial charge in [0.05, 0.1) is 24.2 Å². The molecule has 3 aromatic carbocycles. The fourth-order valence-electron chi connectivity index (χ4n) is 4.08. The summed E-state index contributed by atoms with van der Waals surface area (Å²) in [6.45, 7) is 1.85. The van der Waals surface area contributed by atoms with Crippen molar-refractivity contribution in [2.75, 3.05) is 33.3 Å². The molecule has 182 valence electrons. The molecule has 8 heteroatoms. The van der Waals surface area contributed by atoms with Crippen LogP contribution in [0.1, 0.15) is 21.5 Å². The van der Waals surface area contributed by atoms with Crippen LogP contribution < -0.4 is 4.74 Å². The highest BCUT2D eigenvalue weighted by atomic mass is 32.2. The summed E-state index contributed by atoms with van der Waals surface area (Å²) in [4.78, 5) is 29.4. The number of methoxy groups -OCH3 is 1. The molecule has 1 fully saturated rings. The van der Waals surface area contributed by atoms with Gasteiger partial charge in [-0.1, -0.05) is 42.5 Å². The zero-order chi connectivity index (χ0) is 24.8. The van der Waals surface area contributed by atoms with Crippen LogP contribution in [-0.4, -0.2) is 63.3 Å². The highest BCUT2D eigenvalue weighted by Crippen LogP contribution is 2.18. The van der Waals surface area contributed by atoms with Crippen molar-refractivity contribution in [1.29, 1.82) is 0 Å². The number of piperazine rings is 1. The van der Waals surface area contributed by atoms with E-state index in [9.17, 15) is 18.0 Å². The largest absolute Gasteiger partial charge is 0.497 e. The first kappa shape index (κ1) is 24.5. The van der Waals surface area contributed by atoms with E-state index < -0.39 is 9.84 Å². The quantitative estimate of drug-likeness (QED) is 0.506. The molecule has 0 spiro atoms. The summed E-state index contributed by atoms with van der Waals surface area (Å²) in [5.41, 5.74) is 2.02. The molecule has 4 rings (SSSR count). The van der Waals surface area contributed by atoms with Crippen LogP contribution in [0.5, 0.6) is 5.75 Å². The molecule has 3 aromatic rings. The van der Waals surface area contributed by atoms with Crippen molar-refractivity contribution < 1.29 is 22.7 Å². The predicted octanol–water partition coefficient (Wildman–Crippen LogP) is 3.20. The molecule has 1 saturated heterocycles. The van der Waals surface area contributed by atoms with Gasteiger partial charge in [-0.15, -0.1) is 0 Å². The Morgan fingerprint density at radius 3 is 2.11 bits per heavy atom. The van der Waals surface area contributed by atoms with Crippen LogP contribution in [0, 0.1) is 0 Å². The molecular weight excluding hydrogens is 464 g/mol. The highest BCUT2D eigenvalue weighted by Gasteiger charge is 2.25. The summed E-state index contributed by atoms with van der Waals surface area (Å²) in [6.07, 6.45) is 0.290. The first-order chi connectivity index (χ1) is 16.9. The van der Waals surface area contributed by atoms with E-state index in [-0.39, 0.29) is 22.5 Å². The minimum absolute atomic E-state index is 0.0225. The summed E-state index contributed by atoms with van der Waals surface area (Å²) in [5.74, 6) is 0.491. The molecule has 0 radical (unpaired) electrons. The lowest BCUT2D eigenvalue weighted by Gasteiger charge is -2.35. The SMILES string of the molecule is COc1cccc(CC(=O)N2CCN(C(=O)c3ccc(CS(=O)(=O)c4ccccc4)cc3)CC2)c1. The zero-order valence-corrected chi connectivity index (χ0v) is 20.4. The van der Waals surface area contributed by atoms with Crippen molar-refractivity contribution >= 4 is 21.7 Å². The van der Waals surface area contributed by atoms with Crippen LogP contribution in [0.2, 0.25) is 0 Å². The maximum absolute atomic E-state index is 12.9. The molecule has 0 aliphatic carbocycles. The lowest BCUT2D eigenvalue weighted by molar-refractivity contribution is -0.131. The summed E-state index contributed by atoms with van der Waals surface area (Å²) in [6, 6.07) is 22.5. The lowest BCUT2D eigenvalue weighted by atomic mass is 10.1. The average Bonchev–Trinajstić information content (AvgIpc) is 2.89. The summed E-state index contributed by atoms with van der Waals surface area (Å²) in [7, 11) is -1.85. The van der Waals surface area contributed by atoms with Crippen LogP contribution in [0.25, 0.3) is 0 Å². The summed E-state index contributed by atoms with van der Waals surface area (Å²) < 4.78 is 30.4. The van der Waals surface area contributed by atoms with Crippen LogP contribution in [0.3, 0.4) is 0 Å². The normalized spacial score (nSPS) is 14.0. The van der Waals surface area contributed by atoms with E-state index in [1.165, 1.54) is 0 Å². The molecule has 2 amide bonds. The van der Waals surface area contributed by atoms with Gasteiger partial charge in [-0.05, 0) is 47.5 Å². The molecule has 1 heterocycles. The number of hydrogen-bond acceptors (Lipinski definition) is 5. The fourth-order valence-corrected chi connectivity index (χ4v) is 5.45. The number of carbonyl (C=O) groups is 2. The summed E-state index contributed by atoms with van der Waals surface area (Å²) in [5, 5.41) is 0. The van der Waals surface area contributed by atoms with Crippen LogP contribution in [-0.2, 0) is 26.8 Å². The molecule has 1 aliphatic heterocycles. The second kappa shape index (κ2) is 10.7. The van der Waals surface area contributed by atoms with Gasteiger partial charge in [0.1, 0.15) is 5.75 Å². The van der Waals surface area contributed by atoms with Crippen molar-refractivity contribution in [2.24, 2.45) is 0 Å². The van der Waals surface area contributed by atoms with Crippen molar-refractivity contribution in [3.05, 3.63) is 95.6 Å². The van der Waals surface area contributed by atoms with E-state index in [0.717, 1.165) is 11.3 Å². The Balaban J connectivity index is 1.31. The smallest absolute Gasteiger partial charge is 0.253 e. The molecule has 1 aliphatic rings. The van der Waals surface area contributed by atoms with Gasteiger partial charge in [-0.2, -0.15) is 0 Å². The van der Waals surface area contributed by atoms with Crippen LogP contribution >= 0.6 is 0 Å². The van der Waals surface area contributed by atoms with Crippen molar-refractivity contribution in [1.82, 2.24) is 9.80 Å². The number of rotatable bonds is 7. The second-order valence-corrected chi connectivity index (χ2v) is 10.5. The van der Waals surface area contributed by atoms with E-state index in [0.29, 0.717) is 43.7 Å². The van der Waals surface area contributed by atoms with Crippen molar-refractivity contribution in [3.8, 4) is 5.75 Å². The van der Waals surface area contributed by atoms with E-state index in [1.807, 2.05) is 24.3 Å². The predicted molar refractivity (Wildman–Crippen MR) is 133 cm³/mol. The second-order valence-electron chi connectivity index (χ2n) is 8.47.